The van der Waals surface area contributed by atoms with Gasteiger partial charge in [0.25, 0.3) is 0 Å². The fraction of sp³-hybridized carbons (Fsp3) is 0.933. The molecule has 132 valence electrons. The SMILES string of the molecule is O=C(O)CCOCCOCCOCCOCCCCCCCl. The molecule has 0 aromatic rings. The van der Waals surface area contributed by atoms with Gasteiger partial charge in [0.05, 0.1) is 52.7 Å². The molecule has 22 heavy (non-hydrogen) atoms. The van der Waals surface area contributed by atoms with Gasteiger partial charge in [-0.05, 0) is 12.8 Å². The first kappa shape index (κ1) is 21.6. The van der Waals surface area contributed by atoms with Crippen LogP contribution in [0.5, 0.6) is 0 Å². The lowest BCUT2D eigenvalue weighted by atomic mass is 10.2. The minimum atomic E-state index is -0.855. The van der Waals surface area contributed by atoms with Gasteiger partial charge in [0.2, 0.25) is 0 Å². The summed E-state index contributed by atoms with van der Waals surface area (Å²) < 4.78 is 21.1. The van der Waals surface area contributed by atoms with Gasteiger partial charge in [-0.25, -0.2) is 0 Å². The Labute approximate surface area is 138 Å². The standard InChI is InChI=1S/C15H29ClO6/c16-6-3-1-2-4-7-19-9-11-21-13-14-22-12-10-20-8-5-15(17)18/h1-14H2,(H,17,18). The third-order valence-electron chi connectivity index (χ3n) is 2.75. The second kappa shape index (κ2) is 18.6. The lowest BCUT2D eigenvalue weighted by Crippen LogP contribution is -2.12. The number of carbonyl (C=O) groups is 1. The zero-order valence-corrected chi connectivity index (χ0v) is 14.0. The zero-order valence-electron chi connectivity index (χ0n) is 13.3. The quantitative estimate of drug-likeness (QED) is 0.305. The molecule has 0 fully saturated rings. The molecule has 0 aromatic heterocycles. The molecule has 0 amide bonds. The number of carboxylic acids is 1. The van der Waals surface area contributed by atoms with Crippen molar-refractivity contribution in [2.75, 3.05) is 58.7 Å². The Hall–Kier alpha value is -0.400. The molecular weight excluding hydrogens is 312 g/mol. The Morgan fingerprint density at radius 2 is 1.14 bits per heavy atom. The summed E-state index contributed by atoms with van der Waals surface area (Å²) in [5, 5.41) is 8.40. The van der Waals surface area contributed by atoms with Crippen LogP contribution in [0.3, 0.4) is 0 Å². The van der Waals surface area contributed by atoms with E-state index in [0.717, 1.165) is 31.7 Å². The van der Waals surface area contributed by atoms with E-state index in [2.05, 4.69) is 0 Å². The zero-order chi connectivity index (χ0) is 16.3. The van der Waals surface area contributed by atoms with E-state index in [1.165, 1.54) is 6.42 Å². The van der Waals surface area contributed by atoms with Crippen molar-refractivity contribution in [1.29, 1.82) is 0 Å². The van der Waals surface area contributed by atoms with Crippen LogP contribution in [-0.4, -0.2) is 69.8 Å². The summed E-state index contributed by atoms with van der Waals surface area (Å²) in [5.41, 5.74) is 0. The van der Waals surface area contributed by atoms with Crippen molar-refractivity contribution in [3.8, 4) is 0 Å². The Balaban J connectivity index is 2.95. The molecule has 0 radical (unpaired) electrons. The highest BCUT2D eigenvalue weighted by Gasteiger charge is 1.96. The normalized spacial score (nSPS) is 11.0. The lowest BCUT2D eigenvalue weighted by Gasteiger charge is -2.07. The molecule has 7 heteroatoms. The minimum Gasteiger partial charge on any atom is -0.481 e. The van der Waals surface area contributed by atoms with E-state index in [1.807, 2.05) is 0 Å². The van der Waals surface area contributed by atoms with Crippen molar-refractivity contribution in [3.05, 3.63) is 0 Å². The van der Waals surface area contributed by atoms with Crippen LogP contribution in [0.1, 0.15) is 32.1 Å². The molecular formula is C15H29ClO6. The van der Waals surface area contributed by atoms with Crippen molar-refractivity contribution in [2.24, 2.45) is 0 Å². The summed E-state index contributed by atoms with van der Waals surface area (Å²) in [7, 11) is 0. The maximum absolute atomic E-state index is 10.2. The van der Waals surface area contributed by atoms with Gasteiger partial charge in [0, 0.05) is 12.5 Å². The topological polar surface area (TPSA) is 74.2 Å². The number of carboxylic acid groups (broad SMARTS) is 1. The number of halogens is 1. The highest BCUT2D eigenvalue weighted by Crippen LogP contribution is 2.00. The van der Waals surface area contributed by atoms with Gasteiger partial charge in [-0.1, -0.05) is 12.8 Å². The predicted molar refractivity (Wildman–Crippen MR) is 84.7 cm³/mol. The van der Waals surface area contributed by atoms with Gasteiger partial charge in [-0.2, -0.15) is 0 Å². The van der Waals surface area contributed by atoms with Crippen molar-refractivity contribution in [3.63, 3.8) is 0 Å². The Kier molecular flexibility index (Phi) is 18.3. The van der Waals surface area contributed by atoms with Gasteiger partial charge in [0.15, 0.2) is 0 Å². The van der Waals surface area contributed by atoms with E-state index in [1.54, 1.807) is 0 Å². The molecule has 0 heterocycles. The van der Waals surface area contributed by atoms with Crippen molar-refractivity contribution in [2.45, 2.75) is 32.1 Å². The molecule has 0 saturated carbocycles. The number of hydrogen-bond donors (Lipinski definition) is 1. The lowest BCUT2D eigenvalue weighted by molar-refractivity contribution is -0.138. The molecule has 1 N–H and O–H groups in total. The van der Waals surface area contributed by atoms with Gasteiger partial charge >= 0.3 is 5.97 Å². The van der Waals surface area contributed by atoms with Crippen LogP contribution in [0.15, 0.2) is 0 Å². The largest absolute Gasteiger partial charge is 0.481 e. The number of hydrogen-bond acceptors (Lipinski definition) is 5. The molecule has 0 bridgehead atoms. The Bertz CT molecular complexity index is 240. The summed E-state index contributed by atoms with van der Waals surface area (Å²) in [4.78, 5) is 10.2. The second-order valence-electron chi connectivity index (χ2n) is 4.70. The summed E-state index contributed by atoms with van der Waals surface area (Å²) in [6.07, 6.45) is 4.50. The van der Waals surface area contributed by atoms with E-state index < -0.39 is 5.97 Å². The fourth-order valence-electron chi connectivity index (χ4n) is 1.57. The number of rotatable bonds is 18. The average molecular weight is 341 g/mol. The third-order valence-corrected chi connectivity index (χ3v) is 3.02. The summed E-state index contributed by atoms with van der Waals surface area (Å²) in [6, 6.07) is 0. The van der Waals surface area contributed by atoms with Gasteiger partial charge < -0.3 is 24.1 Å². The van der Waals surface area contributed by atoms with Crippen LogP contribution >= 0.6 is 11.6 Å². The molecule has 0 aromatic carbocycles. The minimum absolute atomic E-state index is 0.0236. The molecule has 0 aliphatic rings. The second-order valence-corrected chi connectivity index (χ2v) is 5.07. The first-order valence-electron chi connectivity index (χ1n) is 7.86. The molecule has 0 saturated heterocycles. The van der Waals surface area contributed by atoms with E-state index in [-0.39, 0.29) is 13.0 Å². The molecule has 0 rings (SSSR count). The van der Waals surface area contributed by atoms with E-state index >= 15 is 0 Å². The highest BCUT2D eigenvalue weighted by molar-refractivity contribution is 6.17. The van der Waals surface area contributed by atoms with E-state index in [9.17, 15) is 4.79 Å². The van der Waals surface area contributed by atoms with Crippen molar-refractivity contribution < 1.29 is 28.8 Å². The predicted octanol–water partition coefficient (Wildman–Crippen LogP) is 2.33. The van der Waals surface area contributed by atoms with E-state index in [4.69, 9.17) is 35.7 Å². The molecule has 0 aliphatic heterocycles. The number of alkyl halides is 1. The van der Waals surface area contributed by atoms with Crippen LogP contribution in [0, 0.1) is 0 Å². The fourth-order valence-corrected chi connectivity index (χ4v) is 1.76. The molecule has 0 spiro atoms. The summed E-state index contributed by atoms with van der Waals surface area (Å²) in [6.45, 7) is 4.04. The molecule has 0 atom stereocenters. The van der Waals surface area contributed by atoms with Gasteiger partial charge in [-0.3, -0.25) is 4.79 Å². The monoisotopic (exact) mass is 340 g/mol. The third kappa shape index (κ3) is 19.6. The van der Waals surface area contributed by atoms with E-state index in [0.29, 0.717) is 39.6 Å². The molecule has 0 aliphatic carbocycles. The average Bonchev–Trinajstić information content (AvgIpc) is 2.50. The van der Waals surface area contributed by atoms with Crippen molar-refractivity contribution in [1.82, 2.24) is 0 Å². The first-order chi connectivity index (χ1) is 10.8. The number of ether oxygens (including phenoxy) is 4. The smallest absolute Gasteiger partial charge is 0.305 e. The van der Waals surface area contributed by atoms with Crippen molar-refractivity contribution >= 4 is 17.6 Å². The van der Waals surface area contributed by atoms with Crippen LogP contribution in [0.2, 0.25) is 0 Å². The van der Waals surface area contributed by atoms with Crippen LogP contribution in [0.25, 0.3) is 0 Å². The molecule has 6 nitrogen and oxygen atoms in total. The van der Waals surface area contributed by atoms with Crippen LogP contribution in [-0.2, 0) is 23.7 Å². The number of unbranched alkanes of at least 4 members (excludes halogenated alkanes) is 3. The van der Waals surface area contributed by atoms with Gasteiger partial charge in [0.1, 0.15) is 0 Å². The summed E-state index contributed by atoms with van der Waals surface area (Å²) >= 11 is 5.59. The number of aliphatic carboxylic acids is 1. The molecule has 0 unspecified atom stereocenters. The van der Waals surface area contributed by atoms with Crippen LogP contribution in [0.4, 0.5) is 0 Å². The maximum atomic E-state index is 10.2. The van der Waals surface area contributed by atoms with Crippen LogP contribution < -0.4 is 0 Å². The Morgan fingerprint density at radius 1 is 0.682 bits per heavy atom. The Morgan fingerprint density at radius 3 is 1.64 bits per heavy atom. The highest BCUT2D eigenvalue weighted by atomic mass is 35.5. The van der Waals surface area contributed by atoms with Gasteiger partial charge in [-0.15, -0.1) is 11.6 Å². The maximum Gasteiger partial charge on any atom is 0.305 e. The first-order valence-corrected chi connectivity index (χ1v) is 8.39. The summed E-state index contributed by atoms with van der Waals surface area (Å²) in [5.74, 6) is -0.114.